The lowest BCUT2D eigenvalue weighted by Crippen LogP contribution is -1.85. The maximum atomic E-state index is 2.31. The second kappa shape index (κ2) is 3.02. The van der Waals surface area contributed by atoms with Gasteiger partial charge in [-0.2, -0.15) is 0 Å². The molecule has 0 amide bonds. The topological polar surface area (TPSA) is 3.01 Å². The van der Waals surface area contributed by atoms with Crippen molar-refractivity contribution in [1.29, 1.82) is 0 Å². The van der Waals surface area contributed by atoms with Crippen LogP contribution in [0.4, 0.5) is 0 Å². The van der Waals surface area contributed by atoms with Crippen molar-refractivity contribution in [1.82, 2.24) is 4.90 Å². The van der Waals surface area contributed by atoms with Gasteiger partial charge < -0.3 is 4.90 Å². The molecule has 1 aliphatic heterocycles. The van der Waals surface area contributed by atoms with E-state index in [0.29, 0.717) is 0 Å². The Morgan fingerprint density at radius 2 is 2.00 bits per heavy atom. The smallest absolute Gasteiger partial charge is 0.0432 e. The van der Waals surface area contributed by atoms with Crippen LogP contribution in [0.2, 0.25) is 0 Å². The van der Waals surface area contributed by atoms with Crippen LogP contribution in [-0.2, 0) is 0 Å². The first-order valence-electron chi connectivity index (χ1n) is 4.35. The minimum absolute atomic E-state index is 0.755. The molecule has 1 heterocycles. The van der Waals surface area contributed by atoms with E-state index in [1.807, 2.05) is 6.07 Å². The fourth-order valence-electron chi connectivity index (χ4n) is 1.21. The van der Waals surface area contributed by atoms with Crippen LogP contribution in [0.5, 0.6) is 0 Å². The molecule has 1 aromatic rings. The molecule has 0 N–H and O–H groups in total. The second-order valence-electron chi connectivity index (χ2n) is 3.27. The van der Waals surface area contributed by atoms with Crippen LogP contribution in [0.25, 0.3) is 6.08 Å². The summed E-state index contributed by atoms with van der Waals surface area (Å²) in [5.74, 6) is 0. The Labute approximate surface area is 73.3 Å². The largest absolute Gasteiger partial charge is 0.371 e. The molecule has 0 spiro atoms. The predicted molar refractivity (Wildman–Crippen MR) is 51.6 cm³/mol. The summed E-state index contributed by atoms with van der Waals surface area (Å²) in [4.78, 5) is 2.31. The van der Waals surface area contributed by atoms with E-state index in [2.05, 4.69) is 48.4 Å². The predicted octanol–water partition coefficient (Wildman–Crippen LogP) is 2.36. The van der Waals surface area contributed by atoms with Gasteiger partial charge in [-0.15, -0.1) is 0 Å². The molecule has 1 saturated heterocycles. The van der Waals surface area contributed by atoms with Gasteiger partial charge in [-0.1, -0.05) is 30.3 Å². The van der Waals surface area contributed by atoms with Crippen molar-refractivity contribution >= 4 is 6.08 Å². The summed E-state index contributed by atoms with van der Waals surface area (Å²) in [6, 6.07) is 11.1. The molecule has 1 heteroatoms. The summed E-state index contributed by atoms with van der Waals surface area (Å²) in [6.45, 7) is 3.44. The van der Waals surface area contributed by atoms with Gasteiger partial charge in [0.05, 0.1) is 0 Å². The molecule has 2 rings (SSSR count). The highest BCUT2D eigenvalue weighted by Gasteiger charge is 2.24. The summed E-state index contributed by atoms with van der Waals surface area (Å²) in [6.07, 6.45) is 4.32. The Kier molecular flexibility index (Phi) is 1.86. The van der Waals surface area contributed by atoms with Gasteiger partial charge in [-0.05, 0) is 18.6 Å². The Bertz CT molecular complexity index is 276. The molecule has 1 aliphatic rings. The Morgan fingerprint density at radius 3 is 2.58 bits per heavy atom. The quantitative estimate of drug-likeness (QED) is 0.599. The van der Waals surface area contributed by atoms with E-state index in [-0.39, 0.29) is 0 Å². The van der Waals surface area contributed by atoms with Crippen LogP contribution in [0, 0.1) is 0 Å². The molecule has 1 aromatic carbocycles. The molecule has 62 valence electrons. The number of hydrogen-bond acceptors (Lipinski definition) is 1. The maximum absolute atomic E-state index is 2.31. The van der Waals surface area contributed by atoms with Crippen molar-refractivity contribution in [2.45, 2.75) is 13.0 Å². The highest BCUT2D eigenvalue weighted by molar-refractivity contribution is 5.48. The van der Waals surface area contributed by atoms with Crippen LogP contribution in [0.15, 0.2) is 36.5 Å². The minimum Gasteiger partial charge on any atom is -0.371 e. The molecule has 1 fully saturated rings. The second-order valence-corrected chi connectivity index (χ2v) is 3.27. The first-order valence-corrected chi connectivity index (χ1v) is 4.35. The number of rotatable bonds is 2. The van der Waals surface area contributed by atoms with Crippen molar-refractivity contribution in [3.8, 4) is 0 Å². The van der Waals surface area contributed by atoms with Crippen molar-refractivity contribution in [2.24, 2.45) is 0 Å². The van der Waals surface area contributed by atoms with Gasteiger partial charge in [-0.25, -0.2) is 0 Å². The van der Waals surface area contributed by atoms with E-state index in [0.717, 1.165) is 6.04 Å². The molecular weight excluding hydrogens is 146 g/mol. The van der Waals surface area contributed by atoms with Crippen LogP contribution in [0.1, 0.15) is 12.5 Å². The first-order chi connectivity index (χ1) is 5.86. The number of hydrogen-bond donors (Lipinski definition) is 0. The van der Waals surface area contributed by atoms with E-state index < -0.39 is 0 Å². The fraction of sp³-hybridized carbons (Fsp3) is 0.273. The standard InChI is InChI=1S/C11H13N/c1-10-9-12(10)8-7-11-5-3-2-4-6-11/h2-8,10H,9H2,1H3/b8-7+. The zero-order valence-electron chi connectivity index (χ0n) is 7.27. The Morgan fingerprint density at radius 1 is 1.33 bits per heavy atom. The van der Waals surface area contributed by atoms with Gasteiger partial charge in [0.1, 0.15) is 0 Å². The molecule has 0 saturated carbocycles. The van der Waals surface area contributed by atoms with Crippen molar-refractivity contribution in [2.75, 3.05) is 6.54 Å². The van der Waals surface area contributed by atoms with Crippen molar-refractivity contribution < 1.29 is 0 Å². The summed E-state index contributed by atoms with van der Waals surface area (Å²) < 4.78 is 0. The van der Waals surface area contributed by atoms with Gasteiger partial charge >= 0.3 is 0 Å². The zero-order chi connectivity index (χ0) is 8.39. The lowest BCUT2D eigenvalue weighted by atomic mass is 10.2. The van der Waals surface area contributed by atoms with Crippen LogP contribution in [0.3, 0.4) is 0 Å². The average Bonchev–Trinajstić information content (AvgIpc) is 2.81. The normalized spacial score (nSPS) is 21.8. The summed E-state index contributed by atoms with van der Waals surface area (Å²) in [7, 11) is 0. The molecule has 1 unspecified atom stereocenters. The van der Waals surface area contributed by atoms with Crippen LogP contribution in [-0.4, -0.2) is 17.5 Å². The third-order valence-corrected chi connectivity index (χ3v) is 2.17. The van der Waals surface area contributed by atoms with Gasteiger partial charge in [0.25, 0.3) is 0 Å². The summed E-state index contributed by atoms with van der Waals surface area (Å²) in [5, 5.41) is 0. The van der Waals surface area contributed by atoms with Crippen LogP contribution >= 0.6 is 0 Å². The molecule has 12 heavy (non-hydrogen) atoms. The van der Waals surface area contributed by atoms with E-state index in [4.69, 9.17) is 0 Å². The lowest BCUT2D eigenvalue weighted by molar-refractivity contribution is 0.707. The third kappa shape index (κ3) is 1.67. The van der Waals surface area contributed by atoms with Gasteiger partial charge in [0.2, 0.25) is 0 Å². The van der Waals surface area contributed by atoms with Gasteiger partial charge in [0, 0.05) is 18.8 Å². The maximum Gasteiger partial charge on any atom is 0.0432 e. The van der Waals surface area contributed by atoms with Gasteiger partial charge in [-0.3, -0.25) is 0 Å². The van der Waals surface area contributed by atoms with Crippen LogP contribution < -0.4 is 0 Å². The fourth-order valence-corrected chi connectivity index (χ4v) is 1.21. The van der Waals surface area contributed by atoms with E-state index in [9.17, 15) is 0 Å². The Balaban J connectivity index is 1.99. The summed E-state index contributed by atoms with van der Waals surface area (Å²) >= 11 is 0. The molecule has 0 aromatic heterocycles. The summed E-state index contributed by atoms with van der Waals surface area (Å²) in [5.41, 5.74) is 1.27. The molecule has 1 atom stereocenters. The highest BCUT2D eigenvalue weighted by atomic mass is 15.3. The van der Waals surface area contributed by atoms with E-state index in [1.165, 1.54) is 12.1 Å². The third-order valence-electron chi connectivity index (χ3n) is 2.17. The molecule has 1 nitrogen and oxygen atoms in total. The lowest BCUT2D eigenvalue weighted by Gasteiger charge is -1.93. The van der Waals surface area contributed by atoms with Crippen molar-refractivity contribution in [3.05, 3.63) is 42.1 Å². The Hall–Kier alpha value is -1.24. The molecular formula is C11H13N. The van der Waals surface area contributed by atoms with E-state index in [1.54, 1.807) is 0 Å². The van der Waals surface area contributed by atoms with Crippen molar-refractivity contribution in [3.63, 3.8) is 0 Å². The average molecular weight is 159 g/mol. The minimum atomic E-state index is 0.755. The number of benzene rings is 1. The van der Waals surface area contributed by atoms with E-state index >= 15 is 0 Å². The van der Waals surface area contributed by atoms with Gasteiger partial charge in [0.15, 0.2) is 0 Å². The molecule has 0 aliphatic carbocycles. The highest BCUT2D eigenvalue weighted by Crippen LogP contribution is 2.17. The SMILES string of the molecule is CC1CN1/C=C/c1ccccc1. The molecule has 0 radical (unpaired) electrons. The first kappa shape index (κ1) is 7.41. The zero-order valence-corrected chi connectivity index (χ0v) is 7.27. The molecule has 0 bridgehead atoms. The monoisotopic (exact) mass is 159 g/mol. The number of nitrogens with zero attached hydrogens (tertiary/aromatic N) is 1.